The van der Waals surface area contributed by atoms with Crippen LogP contribution >= 0.6 is 11.8 Å². The van der Waals surface area contributed by atoms with Crippen LogP contribution in [-0.4, -0.2) is 59.4 Å². The summed E-state index contributed by atoms with van der Waals surface area (Å²) in [6, 6.07) is 9.35. The van der Waals surface area contributed by atoms with Crippen LogP contribution in [0.15, 0.2) is 46.5 Å². The van der Waals surface area contributed by atoms with Gasteiger partial charge in [-0.05, 0) is 24.3 Å². The third-order valence-electron chi connectivity index (χ3n) is 5.10. The van der Waals surface area contributed by atoms with Gasteiger partial charge in [-0.2, -0.15) is 0 Å². The van der Waals surface area contributed by atoms with Crippen LogP contribution in [0.1, 0.15) is 12.5 Å². The Balaban J connectivity index is 1.35. The molecule has 1 unspecified atom stereocenters. The maximum absolute atomic E-state index is 12.7. The zero-order valence-corrected chi connectivity index (χ0v) is 16.0. The van der Waals surface area contributed by atoms with Crippen molar-refractivity contribution in [3.63, 3.8) is 0 Å². The Kier molecular flexibility index (Phi) is 5.07. The van der Waals surface area contributed by atoms with E-state index in [2.05, 4.69) is 9.88 Å². The molecule has 2 aliphatic heterocycles. The number of ether oxygens (including phenoxy) is 1. The number of thioether (sulfide) groups is 1. The van der Waals surface area contributed by atoms with Crippen molar-refractivity contribution in [1.82, 2.24) is 14.5 Å². The summed E-state index contributed by atoms with van der Waals surface area (Å²) in [7, 11) is 1.66. The molecule has 0 bridgehead atoms. The maximum atomic E-state index is 12.7. The van der Waals surface area contributed by atoms with E-state index in [0.717, 1.165) is 30.3 Å². The van der Waals surface area contributed by atoms with Gasteiger partial charge in [0, 0.05) is 56.3 Å². The second kappa shape index (κ2) is 7.64. The van der Waals surface area contributed by atoms with Gasteiger partial charge in [0.15, 0.2) is 5.16 Å². The highest BCUT2D eigenvalue weighted by molar-refractivity contribution is 7.99. The smallest absolute Gasteiger partial charge is 0.254 e. The Bertz CT molecular complexity index is 875. The first kappa shape index (κ1) is 17.9. The van der Waals surface area contributed by atoms with Crippen molar-refractivity contribution in [1.29, 1.82) is 0 Å². The fourth-order valence-electron chi connectivity index (χ4n) is 3.58. The van der Waals surface area contributed by atoms with E-state index in [4.69, 9.17) is 4.74 Å². The zero-order chi connectivity index (χ0) is 18.8. The number of hydrogen-bond donors (Lipinski definition) is 0. The lowest BCUT2D eigenvalue weighted by Crippen LogP contribution is -2.49. The van der Waals surface area contributed by atoms with Gasteiger partial charge in [0.05, 0.1) is 13.2 Å². The van der Waals surface area contributed by atoms with Crippen LogP contribution in [0.5, 0.6) is 5.75 Å². The number of carbonyl (C=O) groups is 1. The number of piperazine rings is 1. The zero-order valence-electron chi connectivity index (χ0n) is 15.2. The summed E-state index contributed by atoms with van der Waals surface area (Å²) in [4.78, 5) is 33.3. The van der Waals surface area contributed by atoms with Crippen molar-refractivity contribution in [2.45, 2.75) is 17.6 Å². The van der Waals surface area contributed by atoms with Gasteiger partial charge in [0.2, 0.25) is 5.91 Å². The highest BCUT2D eigenvalue weighted by atomic mass is 32.2. The highest BCUT2D eigenvalue weighted by Gasteiger charge is 2.29. The number of rotatable bonds is 4. The Morgan fingerprint density at radius 2 is 1.93 bits per heavy atom. The molecule has 7 nitrogen and oxygen atoms in total. The second-order valence-electron chi connectivity index (χ2n) is 6.67. The average molecular weight is 386 g/mol. The molecule has 0 saturated carbocycles. The largest absolute Gasteiger partial charge is 0.497 e. The molecule has 0 aliphatic carbocycles. The molecule has 2 aromatic rings. The van der Waals surface area contributed by atoms with Crippen LogP contribution in [0.4, 0.5) is 5.69 Å². The highest BCUT2D eigenvalue weighted by Crippen LogP contribution is 2.32. The molecule has 1 aromatic carbocycles. The van der Waals surface area contributed by atoms with Crippen molar-refractivity contribution < 1.29 is 9.53 Å². The van der Waals surface area contributed by atoms with Gasteiger partial charge >= 0.3 is 0 Å². The van der Waals surface area contributed by atoms with E-state index >= 15 is 0 Å². The predicted molar refractivity (Wildman–Crippen MR) is 105 cm³/mol. The molecule has 2 aliphatic rings. The van der Waals surface area contributed by atoms with E-state index in [0.29, 0.717) is 24.7 Å². The normalized spacial score (nSPS) is 19.1. The standard InChI is InChI=1S/C19H22N4O3S/c1-26-16-4-2-14(3-5-16)21-8-10-22(11-9-21)18(25)12-15-13-27-19-20-7-6-17(24)23(15)19/h2-7,15H,8-13H2,1H3. The number of fused-ring (bicyclic) bond motifs is 1. The minimum absolute atomic E-state index is 0.0767. The topological polar surface area (TPSA) is 67.7 Å². The van der Waals surface area contributed by atoms with E-state index in [1.54, 1.807) is 23.4 Å². The van der Waals surface area contributed by atoms with Crippen LogP contribution in [0.3, 0.4) is 0 Å². The number of amides is 1. The molecule has 1 atom stereocenters. The SMILES string of the molecule is COc1ccc(N2CCN(C(=O)CC3CSc4nccc(=O)n43)CC2)cc1. The minimum atomic E-state index is -0.0988. The lowest BCUT2D eigenvalue weighted by molar-refractivity contribution is -0.132. The third-order valence-corrected chi connectivity index (χ3v) is 6.21. The summed E-state index contributed by atoms with van der Waals surface area (Å²) in [5, 5.41) is 0.713. The van der Waals surface area contributed by atoms with Crippen molar-refractivity contribution in [2.24, 2.45) is 0 Å². The lowest BCUT2D eigenvalue weighted by atomic mass is 10.2. The Labute approximate surface area is 161 Å². The molecule has 1 fully saturated rings. The van der Waals surface area contributed by atoms with Gasteiger partial charge in [-0.1, -0.05) is 11.8 Å². The molecule has 0 spiro atoms. The first-order valence-electron chi connectivity index (χ1n) is 9.03. The molecule has 142 valence electrons. The fourth-order valence-corrected chi connectivity index (χ4v) is 4.70. The van der Waals surface area contributed by atoms with Gasteiger partial charge in [0.1, 0.15) is 5.75 Å². The molecular weight excluding hydrogens is 364 g/mol. The lowest BCUT2D eigenvalue weighted by Gasteiger charge is -2.36. The number of carbonyl (C=O) groups excluding carboxylic acids is 1. The summed E-state index contributed by atoms with van der Waals surface area (Å²) in [5.41, 5.74) is 1.06. The van der Waals surface area contributed by atoms with Crippen molar-refractivity contribution in [3.8, 4) is 5.75 Å². The summed E-state index contributed by atoms with van der Waals surface area (Å²) >= 11 is 1.54. The molecular formula is C19H22N4O3S. The van der Waals surface area contributed by atoms with E-state index in [9.17, 15) is 9.59 Å². The monoisotopic (exact) mass is 386 g/mol. The average Bonchev–Trinajstić information content (AvgIpc) is 3.12. The summed E-state index contributed by atoms with van der Waals surface area (Å²) in [6.07, 6.45) is 1.89. The quantitative estimate of drug-likeness (QED) is 0.744. The van der Waals surface area contributed by atoms with Crippen LogP contribution in [0.25, 0.3) is 0 Å². The molecule has 8 heteroatoms. The molecule has 1 amide bonds. The first-order valence-corrected chi connectivity index (χ1v) is 10.0. The third kappa shape index (κ3) is 3.66. The number of anilines is 1. The predicted octanol–water partition coefficient (Wildman–Crippen LogP) is 1.64. The van der Waals surface area contributed by atoms with E-state index in [1.165, 1.54) is 12.3 Å². The minimum Gasteiger partial charge on any atom is -0.497 e. The van der Waals surface area contributed by atoms with Gasteiger partial charge in [-0.15, -0.1) is 0 Å². The molecule has 0 radical (unpaired) electrons. The van der Waals surface area contributed by atoms with Crippen LogP contribution in [-0.2, 0) is 4.79 Å². The van der Waals surface area contributed by atoms with Gasteiger partial charge < -0.3 is 14.5 Å². The number of benzene rings is 1. The number of nitrogens with zero attached hydrogens (tertiary/aromatic N) is 4. The van der Waals surface area contributed by atoms with Crippen LogP contribution < -0.4 is 15.2 Å². The summed E-state index contributed by atoms with van der Waals surface area (Å²) in [6.45, 7) is 2.99. The molecule has 0 N–H and O–H groups in total. The van der Waals surface area contributed by atoms with Crippen molar-refractivity contribution in [2.75, 3.05) is 43.9 Å². The molecule has 3 heterocycles. The molecule has 4 rings (SSSR count). The van der Waals surface area contributed by atoms with Crippen molar-refractivity contribution >= 4 is 23.4 Å². The van der Waals surface area contributed by atoms with E-state index in [1.807, 2.05) is 29.2 Å². The summed E-state index contributed by atoms with van der Waals surface area (Å²) < 4.78 is 6.86. The van der Waals surface area contributed by atoms with Crippen LogP contribution in [0, 0.1) is 0 Å². The Morgan fingerprint density at radius 1 is 1.19 bits per heavy atom. The van der Waals surface area contributed by atoms with Gasteiger partial charge in [0.25, 0.3) is 5.56 Å². The van der Waals surface area contributed by atoms with Gasteiger partial charge in [-0.3, -0.25) is 14.2 Å². The molecule has 1 saturated heterocycles. The Hall–Kier alpha value is -2.48. The first-order chi connectivity index (χ1) is 13.2. The number of aromatic nitrogens is 2. The van der Waals surface area contributed by atoms with Crippen LogP contribution in [0.2, 0.25) is 0 Å². The van der Waals surface area contributed by atoms with Gasteiger partial charge in [-0.25, -0.2) is 4.98 Å². The van der Waals surface area contributed by atoms with Crippen molar-refractivity contribution in [3.05, 3.63) is 46.9 Å². The summed E-state index contributed by atoms with van der Waals surface area (Å²) in [5.74, 6) is 1.68. The second-order valence-corrected chi connectivity index (χ2v) is 7.66. The number of methoxy groups -OCH3 is 1. The van der Waals surface area contributed by atoms with E-state index in [-0.39, 0.29) is 17.5 Å². The molecule has 27 heavy (non-hydrogen) atoms. The maximum Gasteiger partial charge on any atom is 0.254 e. The Morgan fingerprint density at radius 3 is 2.63 bits per heavy atom. The number of hydrogen-bond acceptors (Lipinski definition) is 6. The molecule has 1 aromatic heterocycles. The fraction of sp³-hybridized carbons (Fsp3) is 0.421. The van der Waals surface area contributed by atoms with E-state index < -0.39 is 0 Å².